The highest BCUT2D eigenvalue weighted by atomic mass is 32.2. The molecule has 2 heterocycles. The van der Waals surface area contributed by atoms with Crippen molar-refractivity contribution in [2.24, 2.45) is 0 Å². The highest BCUT2D eigenvalue weighted by Crippen LogP contribution is 2.34. The fraction of sp³-hybridized carbons (Fsp3) is 0.200. The Morgan fingerprint density at radius 2 is 1.54 bits per heavy atom. The third kappa shape index (κ3) is 8.99. The Kier molecular flexibility index (Phi) is 11.2. The van der Waals surface area contributed by atoms with Gasteiger partial charge in [0, 0.05) is 58.9 Å². The number of carboxylic acid groups (broad SMARTS) is 1. The first kappa shape index (κ1) is 36.2. The largest absolute Gasteiger partial charge is 0.478 e. The van der Waals surface area contributed by atoms with Crippen LogP contribution in [0.15, 0.2) is 114 Å². The second-order valence-corrected chi connectivity index (χ2v) is 13.3. The number of hydrogen-bond donors (Lipinski definition) is 3. The zero-order valence-electron chi connectivity index (χ0n) is 28.0. The number of hydrogen-bond acceptors (Lipinski definition) is 6. The van der Waals surface area contributed by atoms with Crippen LogP contribution in [0.1, 0.15) is 67.0 Å². The van der Waals surface area contributed by atoms with Gasteiger partial charge in [0.2, 0.25) is 0 Å². The van der Waals surface area contributed by atoms with Gasteiger partial charge in [0.1, 0.15) is 0 Å². The van der Waals surface area contributed by atoms with E-state index in [9.17, 15) is 32.7 Å². The van der Waals surface area contributed by atoms with E-state index in [1.807, 2.05) is 24.3 Å². The van der Waals surface area contributed by atoms with Gasteiger partial charge < -0.3 is 20.6 Å². The number of aromatic carboxylic acids is 1. The molecule has 3 N–H and O–H groups in total. The summed E-state index contributed by atoms with van der Waals surface area (Å²) in [5, 5.41) is 15.2. The molecule has 0 aliphatic carbocycles. The number of benzene rings is 4. The molecule has 4 aromatic carbocycles. The Bertz CT molecular complexity index is 2100. The van der Waals surface area contributed by atoms with Gasteiger partial charge in [-0.15, -0.1) is 11.8 Å². The lowest BCUT2D eigenvalue weighted by Gasteiger charge is -2.29. The predicted octanol–water partition coefficient (Wildman–Crippen LogP) is 8.93. The Hall–Kier alpha value is -5.62. The fourth-order valence-corrected chi connectivity index (χ4v) is 6.98. The molecule has 2 amide bonds. The number of alkyl halides is 3. The maximum atomic E-state index is 13.7. The van der Waals surface area contributed by atoms with Gasteiger partial charge in [-0.1, -0.05) is 36.4 Å². The SMILES string of the molecule is O=C(NCc1cccc(C(F)(F)F)c1)c1ccnc(-c2cc(N3CCCCC3)ccc2NC(=O)c2cccc(CSc3ccccc3C(=O)O)c2)c1. The van der Waals surface area contributed by atoms with Crippen molar-refractivity contribution in [2.45, 2.75) is 42.6 Å². The van der Waals surface area contributed by atoms with E-state index in [1.165, 1.54) is 36.2 Å². The van der Waals surface area contributed by atoms with E-state index in [-0.39, 0.29) is 23.6 Å². The highest BCUT2D eigenvalue weighted by molar-refractivity contribution is 7.98. The molecule has 266 valence electrons. The zero-order chi connectivity index (χ0) is 36.7. The fourth-order valence-electron chi connectivity index (χ4n) is 5.99. The number of nitrogens with one attached hydrogen (secondary N) is 2. The molecule has 0 unspecified atom stereocenters. The summed E-state index contributed by atoms with van der Waals surface area (Å²) in [7, 11) is 0. The molecule has 8 nitrogen and oxygen atoms in total. The lowest BCUT2D eigenvalue weighted by molar-refractivity contribution is -0.137. The monoisotopic (exact) mass is 724 g/mol. The molecule has 1 aliphatic rings. The molecule has 0 saturated carbocycles. The van der Waals surface area contributed by atoms with Gasteiger partial charge in [-0.05, 0) is 97.1 Å². The first-order valence-electron chi connectivity index (χ1n) is 16.7. The Labute approximate surface area is 303 Å². The van der Waals surface area contributed by atoms with Crippen LogP contribution < -0.4 is 15.5 Å². The van der Waals surface area contributed by atoms with Crippen LogP contribution in [0.4, 0.5) is 24.5 Å². The molecule has 1 aromatic heterocycles. The molecule has 1 aliphatic heterocycles. The molecule has 0 atom stereocenters. The first-order chi connectivity index (χ1) is 25.0. The van der Waals surface area contributed by atoms with E-state index in [4.69, 9.17) is 0 Å². The third-order valence-corrected chi connectivity index (χ3v) is 9.82. The van der Waals surface area contributed by atoms with Crippen molar-refractivity contribution >= 4 is 40.9 Å². The molecule has 1 fully saturated rings. The van der Waals surface area contributed by atoms with Gasteiger partial charge in [-0.25, -0.2) is 4.79 Å². The minimum absolute atomic E-state index is 0.101. The van der Waals surface area contributed by atoms with Crippen molar-refractivity contribution in [3.63, 3.8) is 0 Å². The van der Waals surface area contributed by atoms with E-state index in [0.29, 0.717) is 38.7 Å². The number of carbonyl (C=O) groups excluding carboxylic acids is 2. The second-order valence-electron chi connectivity index (χ2n) is 12.3. The smallest absolute Gasteiger partial charge is 0.416 e. The summed E-state index contributed by atoms with van der Waals surface area (Å²) >= 11 is 1.37. The topological polar surface area (TPSA) is 112 Å². The van der Waals surface area contributed by atoms with Crippen LogP contribution in [0.25, 0.3) is 11.3 Å². The van der Waals surface area contributed by atoms with Crippen LogP contribution in [0.3, 0.4) is 0 Å². The summed E-state index contributed by atoms with van der Waals surface area (Å²) in [6, 6.07) is 27.5. The van der Waals surface area contributed by atoms with E-state index < -0.39 is 23.6 Å². The van der Waals surface area contributed by atoms with Crippen molar-refractivity contribution in [1.82, 2.24) is 10.3 Å². The quantitative estimate of drug-likeness (QED) is 0.117. The number of piperidine rings is 1. The Balaban J connectivity index is 1.23. The molecule has 0 radical (unpaired) electrons. The summed E-state index contributed by atoms with van der Waals surface area (Å²) in [6.45, 7) is 1.67. The number of rotatable bonds is 11. The van der Waals surface area contributed by atoms with Crippen molar-refractivity contribution in [3.05, 3.63) is 143 Å². The van der Waals surface area contributed by atoms with E-state index in [1.54, 1.807) is 48.5 Å². The van der Waals surface area contributed by atoms with Crippen molar-refractivity contribution < 1.29 is 32.7 Å². The number of halogens is 3. The number of thioether (sulfide) groups is 1. The zero-order valence-corrected chi connectivity index (χ0v) is 28.8. The number of anilines is 2. The lowest BCUT2D eigenvalue weighted by Crippen LogP contribution is -2.29. The molecule has 0 spiro atoms. The molecule has 1 saturated heterocycles. The average molecular weight is 725 g/mol. The molecule has 52 heavy (non-hydrogen) atoms. The van der Waals surface area contributed by atoms with Crippen molar-refractivity contribution in [1.29, 1.82) is 0 Å². The average Bonchev–Trinajstić information content (AvgIpc) is 3.16. The first-order valence-corrected chi connectivity index (χ1v) is 17.7. The number of carboxylic acids is 1. The highest BCUT2D eigenvalue weighted by Gasteiger charge is 2.30. The minimum Gasteiger partial charge on any atom is -0.478 e. The minimum atomic E-state index is -4.49. The summed E-state index contributed by atoms with van der Waals surface area (Å²) in [4.78, 5) is 46.0. The summed E-state index contributed by atoms with van der Waals surface area (Å²) in [5.74, 6) is -1.40. The molecule has 5 aromatic rings. The Morgan fingerprint density at radius 3 is 2.33 bits per heavy atom. The number of amides is 2. The van der Waals surface area contributed by atoms with Crippen LogP contribution in [0.5, 0.6) is 0 Å². The molecule has 6 rings (SSSR count). The van der Waals surface area contributed by atoms with Gasteiger partial charge in [-0.2, -0.15) is 13.2 Å². The standard InChI is InChI=1S/C40H35F3N4O4S/c41-40(42,43)30-11-7-8-26(21-30)24-45-37(48)29-16-17-44-35(22-29)33-23-31(47-18-4-1-5-19-47)14-15-34(33)46-38(49)28-10-6-9-27(20-28)25-52-36-13-3-2-12-32(36)39(50)51/h2-3,6-17,20-23H,1,4-5,18-19,24-25H2,(H,45,48)(H,46,49)(H,50,51). The van der Waals surface area contributed by atoms with Gasteiger partial charge in [-0.3, -0.25) is 14.6 Å². The van der Waals surface area contributed by atoms with Crippen LogP contribution in [0.2, 0.25) is 0 Å². The maximum absolute atomic E-state index is 13.7. The van der Waals surface area contributed by atoms with E-state index in [2.05, 4.69) is 20.5 Å². The predicted molar refractivity (Wildman–Crippen MR) is 196 cm³/mol. The molecular weight excluding hydrogens is 690 g/mol. The third-order valence-electron chi connectivity index (χ3n) is 8.68. The van der Waals surface area contributed by atoms with E-state index in [0.717, 1.165) is 55.7 Å². The van der Waals surface area contributed by atoms with Crippen LogP contribution in [0, 0.1) is 0 Å². The summed E-state index contributed by atoms with van der Waals surface area (Å²) < 4.78 is 39.6. The number of nitrogens with zero attached hydrogens (tertiary/aromatic N) is 2. The molecule has 12 heteroatoms. The van der Waals surface area contributed by atoms with Gasteiger partial charge in [0.25, 0.3) is 11.8 Å². The lowest BCUT2D eigenvalue weighted by atomic mass is 10.0. The van der Waals surface area contributed by atoms with Crippen molar-refractivity contribution in [3.8, 4) is 11.3 Å². The molecule has 0 bridgehead atoms. The number of aromatic nitrogens is 1. The maximum Gasteiger partial charge on any atom is 0.416 e. The van der Waals surface area contributed by atoms with Crippen LogP contribution >= 0.6 is 11.8 Å². The second kappa shape index (κ2) is 16.2. The summed E-state index contributed by atoms with van der Waals surface area (Å²) in [6.07, 6.45) is 0.264. The van der Waals surface area contributed by atoms with Crippen molar-refractivity contribution in [2.75, 3.05) is 23.3 Å². The van der Waals surface area contributed by atoms with Gasteiger partial charge >= 0.3 is 12.1 Å². The normalized spacial score (nSPS) is 13.0. The van der Waals surface area contributed by atoms with Crippen LogP contribution in [-0.2, 0) is 18.5 Å². The number of carbonyl (C=O) groups is 3. The summed E-state index contributed by atoms with van der Waals surface area (Å²) in [5.41, 5.74) is 3.70. The number of pyridine rings is 1. The Morgan fingerprint density at radius 1 is 0.788 bits per heavy atom. The molecular formula is C40H35F3N4O4S. The van der Waals surface area contributed by atoms with Gasteiger partial charge in [0.15, 0.2) is 0 Å². The van der Waals surface area contributed by atoms with E-state index >= 15 is 0 Å². The van der Waals surface area contributed by atoms with Gasteiger partial charge in [0.05, 0.1) is 22.5 Å². The van der Waals surface area contributed by atoms with Crippen LogP contribution in [-0.4, -0.2) is 41.0 Å².